The van der Waals surface area contributed by atoms with E-state index in [0.29, 0.717) is 13.0 Å². The second kappa shape index (κ2) is 5.62. The van der Waals surface area contributed by atoms with E-state index in [4.69, 9.17) is 11.6 Å². The predicted molar refractivity (Wildman–Crippen MR) is 70.4 cm³/mol. The van der Waals surface area contributed by atoms with Crippen LogP contribution in [0.4, 0.5) is 15.8 Å². The molecule has 0 spiro atoms. The smallest absolute Gasteiger partial charge is 0.310 e. The van der Waals surface area contributed by atoms with Crippen LogP contribution in [-0.4, -0.2) is 31.1 Å². The maximum absolute atomic E-state index is 13.3. The minimum atomic E-state index is -0.842. The van der Waals surface area contributed by atoms with Crippen LogP contribution in [-0.2, 0) is 9.53 Å². The van der Waals surface area contributed by atoms with Gasteiger partial charge in [0.2, 0.25) is 0 Å². The number of carbonyl (C=O) groups is 1. The highest BCUT2D eigenvalue weighted by Gasteiger charge is 2.32. The standard InChI is InChI=1S/C12H12ClFN2O4/c1-20-12(17)7-2-3-15(6-7)10-4-8(13)9(14)5-11(10)16(18)19/h4-5,7H,2-3,6H2,1H3. The van der Waals surface area contributed by atoms with Gasteiger partial charge < -0.3 is 9.64 Å². The summed E-state index contributed by atoms with van der Waals surface area (Å²) >= 11 is 5.68. The maximum atomic E-state index is 13.3. The molecule has 0 N–H and O–H groups in total. The summed E-state index contributed by atoms with van der Waals surface area (Å²) < 4.78 is 18.0. The van der Waals surface area contributed by atoms with Crippen molar-refractivity contribution in [2.75, 3.05) is 25.1 Å². The number of nitrogens with zero attached hydrogens (tertiary/aromatic N) is 2. The number of esters is 1. The van der Waals surface area contributed by atoms with Crippen LogP contribution in [0.15, 0.2) is 12.1 Å². The number of benzene rings is 1. The van der Waals surface area contributed by atoms with Gasteiger partial charge >= 0.3 is 5.97 Å². The lowest BCUT2D eigenvalue weighted by atomic mass is 10.1. The first-order chi connectivity index (χ1) is 9.43. The highest BCUT2D eigenvalue weighted by molar-refractivity contribution is 6.31. The second-order valence-electron chi connectivity index (χ2n) is 4.47. The van der Waals surface area contributed by atoms with Crippen LogP contribution in [0.2, 0.25) is 5.02 Å². The number of nitro groups is 1. The van der Waals surface area contributed by atoms with Gasteiger partial charge in [0.15, 0.2) is 0 Å². The molecule has 0 aliphatic carbocycles. The zero-order valence-electron chi connectivity index (χ0n) is 10.6. The lowest BCUT2D eigenvalue weighted by Crippen LogP contribution is -2.24. The van der Waals surface area contributed by atoms with Crippen LogP contribution >= 0.6 is 11.6 Å². The Hall–Kier alpha value is -1.89. The number of nitro benzene ring substituents is 1. The highest BCUT2D eigenvalue weighted by atomic mass is 35.5. The molecular formula is C12H12ClFN2O4. The Morgan fingerprint density at radius 2 is 2.30 bits per heavy atom. The molecule has 1 aliphatic heterocycles. The fourth-order valence-electron chi connectivity index (χ4n) is 2.26. The summed E-state index contributed by atoms with van der Waals surface area (Å²) in [6.45, 7) is 0.734. The largest absolute Gasteiger partial charge is 0.469 e. The van der Waals surface area contributed by atoms with Gasteiger partial charge in [-0.15, -0.1) is 0 Å². The summed E-state index contributed by atoms with van der Waals surface area (Å²) in [5.74, 6) is -1.54. The third kappa shape index (κ3) is 2.67. The molecule has 0 radical (unpaired) electrons. The Morgan fingerprint density at radius 1 is 1.60 bits per heavy atom. The van der Waals surface area contributed by atoms with Crippen molar-refractivity contribution >= 4 is 28.9 Å². The SMILES string of the molecule is COC(=O)C1CCN(c2cc(Cl)c(F)cc2[N+](=O)[O-])C1. The summed E-state index contributed by atoms with van der Waals surface area (Å²) in [6, 6.07) is 2.01. The van der Waals surface area contributed by atoms with Gasteiger partial charge in [0, 0.05) is 13.1 Å². The zero-order chi connectivity index (χ0) is 14.9. The van der Waals surface area contributed by atoms with Crippen molar-refractivity contribution in [3.05, 3.63) is 33.1 Å². The molecule has 0 amide bonds. The molecule has 1 saturated heterocycles. The van der Waals surface area contributed by atoms with Gasteiger partial charge in [0.1, 0.15) is 11.5 Å². The van der Waals surface area contributed by atoms with E-state index in [1.807, 2.05) is 0 Å². The summed E-state index contributed by atoms with van der Waals surface area (Å²) in [6.07, 6.45) is 0.527. The molecule has 1 aromatic rings. The maximum Gasteiger partial charge on any atom is 0.310 e. The van der Waals surface area contributed by atoms with Crippen molar-refractivity contribution in [2.45, 2.75) is 6.42 Å². The number of hydrogen-bond donors (Lipinski definition) is 0. The minimum Gasteiger partial charge on any atom is -0.469 e. The number of anilines is 1. The molecule has 8 heteroatoms. The number of hydrogen-bond acceptors (Lipinski definition) is 5. The molecule has 2 rings (SSSR count). The first-order valence-corrected chi connectivity index (χ1v) is 6.28. The van der Waals surface area contributed by atoms with Crippen molar-refractivity contribution < 1.29 is 18.8 Å². The monoisotopic (exact) mass is 302 g/mol. The molecule has 1 heterocycles. The van der Waals surface area contributed by atoms with Gasteiger partial charge in [-0.25, -0.2) is 4.39 Å². The third-order valence-electron chi connectivity index (χ3n) is 3.28. The van der Waals surface area contributed by atoms with Gasteiger partial charge in [-0.3, -0.25) is 14.9 Å². The normalized spacial score (nSPS) is 18.1. The summed E-state index contributed by atoms with van der Waals surface area (Å²) in [4.78, 5) is 23.4. The van der Waals surface area contributed by atoms with Crippen LogP contribution < -0.4 is 4.90 Å². The Bertz CT molecular complexity index is 567. The van der Waals surface area contributed by atoms with E-state index in [-0.39, 0.29) is 34.8 Å². The molecule has 0 bridgehead atoms. The number of carbonyl (C=O) groups excluding carboxylic acids is 1. The molecule has 6 nitrogen and oxygen atoms in total. The van der Waals surface area contributed by atoms with Gasteiger partial charge in [0.05, 0.1) is 29.0 Å². The van der Waals surface area contributed by atoms with Crippen molar-refractivity contribution in [3.63, 3.8) is 0 Å². The minimum absolute atomic E-state index is 0.188. The fraction of sp³-hybridized carbons (Fsp3) is 0.417. The number of rotatable bonds is 3. The summed E-state index contributed by atoms with van der Waals surface area (Å²) in [5, 5.41) is 10.8. The summed E-state index contributed by atoms with van der Waals surface area (Å²) in [5.41, 5.74) is -0.148. The van der Waals surface area contributed by atoms with Crippen LogP contribution in [0.1, 0.15) is 6.42 Å². The molecule has 1 atom stereocenters. The van der Waals surface area contributed by atoms with E-state index in [9.17, 15) is 19.3 Å². The van der Waals surface area contributed by atoms with E-state index >= 15 is 0 Å². The molecule has 1 aromatic carbocycles. The lowest BCUT2D eigenvalue weighted by Gasteiger charge is -2.18. The van der Waals surface area contributed by atoms with Crippen LogP contribution in [0.5, 0.6) is 0 Å². The molecule has 1 fully saturated rings. The van der Waals surface area contributed by atoms with Gasteiger partial charge in [0.25, 0.3) is 5.69 Å². The molecular weight excluding hydrogens is 291 g/mol. The van der Waals surface area contributed by atoms with Crippen molar-refractivity contribution in [1.29, 1.82) is 0 Å². The van der Waals surface area contributed by atoms with E-state index in [1.54, 1.807) is 4.90 Å². The van der Waals surface area contributed by atoms with Crippen molar-refractivity contribution in [2.24, 2.45) is 5.92 Å². The number of methoxy groups -OCH3 is 1. The summed E-state index contributed by atoms with van der Waals surface area (Å²) in [7, 11) is 1.29. The first-order valence-electron chi connectivity index (χ1n) is 5.90. The third-order valence-corrected chi connectivity index (χ3v) is 3.57. The van der Waals surface area contributed by atoms with Crippen LogP contribution in [0.25, 0.3) is 0 Å². The van der Waals surface area contributed by atoms with Gasteiger partial charge in [-0.05, 0) is 12.5 Å². The average molecular weight is 303 g/mol. The van der Waals surface area contributed by atoms with E-state index in [0.717, 1.165) is 6.07 Å². The molecule has 108 valence electrons. The molecule has 0 aromatic heterocycles. The molecule has 0 saturated carbocycles. The van der Waals surface area contributed by atoms with Gasteiger partial charge in [-0.1, -0.05) is 11.6 Å². The van der Waals surface area contributed by atoms with E-state index in [2.05, 4.69) is 4.74 Å². The Morgan fingerprint density at radius 3 is 2.90 bits per heavy atom. The first kappa shape index (κ1) is 14.5. The van der Waals surface area contributed by atoms with Crippen molar-refractivity contribution in [1.82, 2.24) is 0 Å². The molecule has 1 aliphatic rings. The topological polar surface area (TPSA) is 72.7 Å². The zero-order valence-corrected chi connectivity index (χ0v) is 11.4. The highest BCUT2D eigenvalue weighted by Crippen LogP contribution is 2.36. The van der Waals surface area contributed by atoms with E-state index < -0.39 is 10.7 Å². The van der Waals surface area contributed by atoms with E-state index in [1.165, 1.54) is 13.2 Å². The number of halogens is 2. The average Bonchev–Trinajstić information content (AvgIpc) is 2.89. The van der Waals surface area contributed by atoms with Crippen LogP contribution in [0, 0.1) is 21.8 Å². The quantitative estimate of drug-likeness (QED) is 0.487. The molecule has 1 unspecified atom stereocenters. The molecule has 20 heavy (non-hydrogen) atoms. The fourth-order valence-corrected chi connectivity index (χ4v) is 2.42. The van der Waals surface area contributed by atoms with Crippen molar-refractivity contribution in [3.8, 4) is 0 Å². The van der Waals surface area contributed by atoms with Crippen LogP contribution in [0.3, 0.4) is 0 Å². The Labute approximate surface area is 119 Å². The lowest BCUT2D eigenvalue weighted by molar-refractivity contribution is -0.384. The van der Waals surface area contributed by atoms with Gasteiger partial charge in [-0.2, -0.15) is 0 Å². The Balaban J connectivity index is 2.32. The Kier molecular flexibility index (Phi) is 4.08. The second-order valence-corrected chi connectivity index (χ2v) is 4.87. The number of ether oxygens (including phenoxy) is 1. The predicted octanol–water partition coefficient (Wildman–Crippen LogP) is 2.39.